The van der Waals surface area contributed by atoms with E-state index >= 15 is 0 Å². The second-order valence-corrected chi connectivity index (χ2v) is 5.31. The van der Waals surface area contributed by atoms with Gasteiger partial charge in [0, 0.05) is 28.7 Å². The molecule has 17 heavy (non-hydrogen) atoms. The molecule has 90 valence electrons. The molecule has 4 heteroatoms. The Bertz CT molecular complexity index is 436. The van der Waals surface area contributed by atoms with Crippen molar-refractivity contribution in [3.05, 3.63) is 28.2 Å². The van der Waals surface area contributed by atoms with Crippen molar-refractivity contribution in [1.29, 1.82) is 5.26 Å². The Morgan fingerprint density at radius 3 is 3.00 bits per heavy atom. The van der Waals surface area contributed by atoms with Crippen LogP contribution in [0.2, 0.25) is 0 Å². The molecular formula is C13H15BrN2O. The summed E-state index contributed by atoms with van der Waals surface area (Å²) in [7, 11) is 0. The minimum absolute atomic E-state index is 0.360. The maximum absolute atomic E-state index is 8.91. The van der Waals surface area contributed by atoms with Crippen LogP contribution in [0.15, 0.2) is 22.7 Å². The standard InChI is InChI=1S/C13H15BrN2O/c1-9(11-2-3-17-8-11)16-13-5-10(7-15)4-12(14)6-13/h4-6,9,11,16H,2-3,8H2,1H3. The summed E-state index contributed by atoms with van der Waals surface area (Å²) in [4.78, 5) is 0. The first-order chi connectivity index (χ1) is 8.19. The van der Waals surface area contributed by atoms with Crippen molar-refractivity contribution < 1.29 is 4.74 Å². The van der Waals surface area contributed by atoms with Gasteiger partial charge in [0.25, 0.3) is 0 Å². The van der Waals surface area contributed by atoms with Gasteiger partial charge in [0.15, 0.2) is 0 Å². The van der Waals surface area contributed by atoms with Gasteiger partial charge in [0.1, 0.15) is 0 Å². The van der Waals surface area contributed by atoms with Gasteiger partial charge in [-0.3, -0.25) is 0 Å². The van der Waals surface area contributed by atoms with E-state index < -0.39 is 0 Å². The molecule has 2 atom stereocenters. The number of ether oxygens (including phenoxy) is 1. The SMILES string of the molecule is CC(Nc1cc(Br)cc(C#N)c1)C1CCOC1. The minimum atomic E-state index is 0.360. The highest BCUT2D eigenvalue weighted by atomic mass is 79.9. The van der Waals surface area contributed by atoms with Crippen LogP contribution >= 0.6 is 15.9 Å². The van der Waals surface area contributed by atoms with Gasteiger partial charge < -0.3 is 10.1 Å². The van der Waals surface area contributed by atoms with E-state index in [4.69, 9.17) is 10.00 Å². The predicted molar refractivity (Wildman–Crippen MR) is 70.9 cm³/mol. The van der Waals surface area contributed by atoms with Gasteiger partial charge in [-0.1, -0.05) is 15.9 Å². The molecule has 0 aromatic heterocycles. The van der Waals surface area contributed by atoms with Crippen LogP contribution in [0.25, 0.3) is 0 Å². The molecule has 1 aliphatic rings. The Hall–Kier alpha value is -1.05. The molecule has 1 fully saturated rings. The maximum atomic E-state index is 8.91. The molecule has 3 nitrogen and oxygen atoms in total. The Kier molecular flexibility index (Phi) is 4.03. The molecule has 1 aliphatic heterocycles. The monoisotopic (exact) mass is 294 g/mol. The topological polar surface area (TPSA) is 45.0 Å². The third-order valence-corrected chi connectivity index (χ3v) is 3.55. The summed E-state index contributed by atoms with van der Waals surface area (Å²) in [6, 6.07) is 8.20. The zero-order chi connectivity index (χ0) is 12.3. The van der Waals surface area contributed by atoms with Crippen molar-refractivity contribution in [2.75, 3.05) is 18.5 Å². The van der Waals surface area contributed by atoms with Crippen molar-refractivity contribution in [1.82, 2.24) is 0 Å². The minimum Gasteiger partial charge on any atom is -0.382 e. The van der Waals surface area contributed by atoms with Crippen LogP contribution < -0.4 is 5.32 Å². The maximum Gasteiger partial charge on any atom is 0.0992 e. The van der Waals surface area contributed by atoms with E-state index in [-0.39, 0.29) is 0 Å². The quantitative estimate of drug-likeness (QED) is 0.931. The van der Waals surface area contributed by atoms with Crippen LogP contribution in [-0.4, -0.2) is 19.3 Å². The van der Waals surface area contributed by atoms with Gasteiger partial charge in [0.2, 0.25) is 0 Å². The number of nitriles is 1. The highest BCUT2D eigenvalue weighted by Gasteiger charge is 2.22. The fourth-order valence-electron chi connectivity index (χ4n) is 2.07. The number of rotatable bonds is 3. The Morgan fingerprint density at radius 2 is 2.35 bits per heavy atom. The van der Waals surface area contributed by atoms with Gasteiger partial charge in [-0.2, -0.15) is 5.26 Å². The summed E-state index contributed by atoms with van der Waals surface area (Å²) in [5.41, 5.74) is 1.65. The van der Waals surface area contributed by atoms with E-state index in [1.807, 2.05) is 18.2 Å². The smallest absolute Gasteiger partial charge is 0.0992 e. The predicted octanol–water partition coefficient (Wildman–Crippen LogP) is 3.16. The van der Waals surface area contributed by atoms with Crippen LogP contribution in [0.5, 0.6) is 0 Å². The summed E-state index contributed by atoms with van der Waals surface area (Å²) in [5, 5.41) is 12.4. The summed E-state index contributed by atoms with van der Waals surface area (Å²) >= 11 is 3.41. The van der Waals surface area contributed by atoms with E-state index in [2.05, 4.69) is 34.2 Å². The van der Waals surface area contributed by atoms with Crippen LogP contribution in [0.1, 0.15) is 18.9 Å². The average Bonchev–Trinajstić information content (AvgIpc) is 2.81. The second-order valence-electron chi connectivity index (χ2n) is 4.40. The number of benzene rings is 1. The van der Waals surface area contributed by atoms with Gasteiger partial charge in [-0.25, -0.2) is 0 Å². The van der Waals surface area contributed by atoms with Crippen LogP contribution in [0, 0.1) is 17.2 Å². The van der Waals surface area contributed by atoms with Crippen molar-refractivity contribution in [2.45, 2.75) is 19.4 Å². The second kappa shape index (κ2) is 5.52. The molecule has 1 aromatic carbocycles. The van der Waals surface area contributed by atoms with E-state index in [0.717, 1.165) is 29.8 Å². The highest BCUT2D eigenvalue weighted by molar-refractivity contribution is 9.10. The molecule has 1 N–H and O–H groups in total. The Balaban J connectivity index is 2.07. The molecule has 2 unspecified atom stereocenters. The average molecular weight is 295 g/mol. The largest absolute Gasteiger partial charge is 0.382 e. The lowest BCUT2D eigenvalue weighted by Gasteiger charge is -2.20. The summed E-state index contributed by atoms with van der Waals surface area (Å²) in [5.74, 6) is 0.555. The lowest BCUT2D eigenvalue weighted by Crippen LogP contribution is -2.26. The molecule has 0 amide bonds. The van der Waals surface area contributed by atoms with E-state index in [1.165, 1.54) is 0 Å². The summed E-state index contributed by atoms with van der Waals surface area (Å²) in [6.45, 7) is 3.85. The number of hydrogen-bond acceptors (Lipinski definition) is 3. The van der Waals surface area contributed by atoms with Gasteiger partial charge in [-0.15, -0.1) is 0 Å². The molecule has 1 saturated heterocycles. The molecule has 1 aromatic rings. The molecule has 1 heterocycles. The van der Waals surface area contributed by atoms with Crippen LogP contribution in [0.3, 0.4) is 0 Å². The van der Waals surface area contributed by atoms with E-state index in [9.17, 15) is 0 Å². The lowest BCUT2D eigenvalue weighted by molar-refractivity contribution is 0.183. The van der Waals surface area contributed by atoms with Crippen molar-refractivity contribution in [3.63, 3.8) is 0 Å². The van der Waals surface area contributed by atoms with Crippen LogP contribution in [0.4, 0.5) is 5.69 Å². The molecule has 0 spiro atoms. The third kappa shape index (κ3) is 3.21. The normalized spacial score (nSPS) is 20.9. The van der Waals surface area contributed by atoms with E-state index in [0.29, 0.717) is 17.5 Å². The highest BCUT2D eigenvalue weighted by Crippen LogP contribution is 2.23. The van der Waals surface area contributed by atoms with Gasteiger partial charge in [-0.05, 0) is 31.5 Å². The number of hydrogen-bond donors (Lipinski definition) is 1. The zero-order valence-corrected chi connectivity index (χ0v) is 11.3. The third-order valence-electron chi connectivity index (χ3n) is 3.09. The fourth-order valence-corrected chi connectivity index (χ4v) is 2.56. The number of nitrogens with zero attached hydrogens (tertiary/aromatic N) is 1. The number of halogens is 1. The fraction of sp³-hybridized carbons (Fsp3) is 0.462. The molecule has 0 bridgehead atoms. The molecular weight excluding hydrogens is 280 g/mol. The first kappa shape index (κ1) is 12.4. The Morgan fingerprint density at radius 1 is 1.53 bits per heavy atom. The van der Waals surface area contributed by atoms with Crippen LogP contribution in [-0.2, 0) is 4.74 Å². The molecule has 0 saturated carbocycles. The van der Waals surface area contributed by atoms with E-state index in [1.54, 1.807) is 0 Å². The molecule has 0 radical (unpaired) electrons. The van der Waals surface area contributed by atoms with Crippen molar-refractivity contribution in [2.24, 2.45) is 5.92 Å². The van der Waals surface area contributed by atoms with Crippen molar-refractivity contribution >= 4 is 21.6 Å². The van der Waals surface area contributed by atoms with Crippen molar-refractivity contribution in [3.8, 4) is 6.07 Å². The van der Waals surface area contributed by atoms with Gasteiger partial charge >= 0.3 is 0 Å². The first-order valence-corrected chi connectivity index (χ1v) is 6.53. The summed E-state index contributed by atoms with van der Waals surface area (Å²) in [6.07, 6.45) is 1.10. The van der Waals surface area contributed by atoms with Gasteiger partial charge in [0.05, 0.1) is 18.2 Å². The Labute approximate surface area is 110 Å². The lowest BCUT2D eigenvalue weighted by atomic mass is 10.0. The summed E-state index contributed by atoms with van der Waals surface area (Å²) < 4.78 is 6.31. The number of anilines is 1. The first-order valence-electron chi connectivity index (χ1n) is 5.74. The number of nitrogens with one attached hydrogen (secondary N) is 1. The zero-order valence-electron chi connectivity index (χ0n) is 9.74. The molecule has 2 rings (SSSR count). The molecule has 0 aliphatic carbocycles.